The Kier molecular flexibility index (Phi) is 3.13. The second-order valence-electron chi connectivity index (χ2n) is 3.83. The molecule has 0 aliphatic rings. The van der Waals surface area contributed by atoms with Crippen LogP contribution >= 0.6 is 0 Å². The van der Waals surface area contributed by atoms with E-state index in [1.807, 2.05) is 30.3 Å². The topological polar surface area (TPSA) is 63.9 Å². The van der Waals surface area contributed by atoms with Gasteiger partial charge < -0.3 is 4.90 Å². The van der Waals surface area contributed by atoms with Crippen molar-refractivity contribution in [2.24, 2.45) is 0 Å². The number of hydrogen-bond donors (Lipinski definition) is 0. The van der Waals surface area contributed by atoms with Crippen molar-refractivity contribution in [3.8, 4) is 0 Å². The van der Waals surface area contributed by atoms with Crippen molar-refractivity contribution in [3.05, 3.63) is 41.7 Å². The number of carbonyl (C=O) groups is 1. The fourth-order valence-electron chi connectivity index (χ4n) is 1.35. The predicted molar refractivity (Wildman–Crippen MR) is 61.5 cm³/mol. The first-order valence-electron chi connectivity index (χ1n) is 5.21. The third-order valence-electron chi connectivity index (χ3n) is 2.21. The highest BCUT2D eigenvalue weighted by Crippen LogP contribution is 2.03. The van der Waals surface area contributed by atoms with Gasteiger partial charge in [-0.3, -0.25) is 0 Å². The summed E-state index contributed by atoms with van der Waals surface area (Å²) in [4.78, 5) is 13.9. The monoisotopic (exact) mass is 231 g/mol. The second kappa shape index (κ2) is 4.73. The molecule has 0 spiro atoms. The number of amides is 1. The van der Waals surface area contributed by atoms with Gasteiger partial charge in [0.05, 0.1) is 0 Å². The third-order valence-corrected chi connectivity index (χ3v) is 2.21. The summed E-state index contributed by atoms with van der Waals surface area (Å²) in [5, 5.41) is 11.6. The first-order valence-corrected chi connectivity index (χ1v) is 5.21. The first-order chi connectivity index (χ1) is 8.16. The van der Waals surface area contributed by atoms with Crippen LogP contribution in [-0.2, 0) is 6.42 Å². The van der Waals surface area contributed by atoms with E-state index in [0.29, 0.717) is 12.2 Å². The lowest BCUT2D eigenvalue weighted by molar-refractivity contribution is 0.211. The summed E-state index contributed by atoms with van der Waals surface area (Å²) in [6.45, 7) is 0. The summed E-state index contributed by atoms with van der Waals surface area (Å²) in [5.41, 5.74) is 1.09. The zero-order valence-corrected chi connectivity index (χ0v) is 9.74. The highest BCUT2D eigenvalue weighted by molar-refractivity contribution is 5.73. The maximum absolute atomic E-state index is 11.5. The van der Waals surface area contributed by atoms with Crippen LogP contribution in [0.25, 0.3) is 0 Å². The third kappa shape index (κ3) is 2.66. The van der Waals surface area contributed by atoms with Gasteiger partial charge in [0.1, 0.15) is 0 Å². The van der Waals surface area contributed by atoms with E-state index < -0.39 is 0 Å². The molecule has 1 amide bonds. The van der Waals surface area contributed by atoms with Gasteiger partial charge in [0, 0.05) is 20.5 Å². The molecule has 0 atom stereocenters. The van der Waals surface area contributed by atoms with Crippen LogP contribution in [0.1, 0.15) is 11.4 Å². The molecule has 0 saturated heterocycles. The summed E-state index contributed by atoms with van der Waals surface area (Å²) >= 11 is 0. The van der Waals surface area contributed by atoms with Crippen LogP contribution in [0.3, 0.4) is 0 Å². The Balaban J connectivity index is 2.12. The Morgan fingerprint density at radius 3 is 2.65 bits per heavy atom. The van der Waals surface area contributed by atoms with Crippen molar-refractivity contribution < 1.29 is 4.79 Å². The first kappa shape index (κ1) is 11.3. The van der Waals surface area contributed by atoms with Gasteiger partial charge >= 0.3 is 6.03 Å². The smallest absolute Gasteiger partial charge is 0.328 e. The standard InChI is InChI=1S/C11H13N5O/c1-15(2)11(17)16-13-10(12-14-16)8-9-6-4-3-5-7-9/h3-7H,8H2,1-2H3. The number of rotatable bonds is 2. The molecule has 1 aromatic heterocycles. The Bertz CT molecular complexity index is 506. The van der Waals surface area contributed by atoms with E-state index in [9.17, 15) is 4.79 Å². The summed E-state index contributed by atoms with van der Waals surface area (Å²) in [6, 6.07) is 9.50. The number of tetrazole rings is 1. The largest absolute Gasteiger partial charge is 0.362 e. The Labute approximate surface area is 98.9 Å². The van der Waals surface area contributed by atoms with Gasteiger partial charge in [0.2, 0.25) is 0 Å². The van der Waals surface area contributed by atoms with Gasteiger partial charge in [-0.25, -0.2) is 4.79 Å². The maximum Gasteiger partial charge on any atom is 0.362 e. The quantitative estimate of drug-likeness (QED) is 0.766. The molecule has 0 aliphatic carbocycles. The second-order valence-corrected chi connectivity index (χ2v) is 3.83. The normalized spacial score (nSPS) is 10.2. The van der Waals surface area contributed by atoms with E-state index in [2.05, 4.69) is 15.4 Å². The molecule has 0 bridgehead atoms. The maximum atomic E-state index is 11.5. The minimum absolute atomic E-state index is 0.309. The minimum Gasteiger partial charge on any atom is -0.328 e. The number of aromatic nitrogens is 4. The molecule has 6 nitrogen and oxygen atoms in total. The van der Waals surface area contributed by atoms with Crippen molar-refractivity contribution in [1.29, 1.82) is 0 Å². The van der Waals surface area contributed by atoms with Gasteiger partial charge in [0.15, 0.2) is 5.82 Å². The summed E-state index contributed by atoms with van der Waals surface area (Å²) in [6.07, 6.45) is 0.571. The van der Waals surface area contributed by atoms with Crippen LogP contribution in [0.5, 0.6) is 0 Å². The fourth-order valence-corrected chi connectivity index (χ4v) is 1.35. The molecule has 0 unspecified atom stereocenters. The molecule has 2 aromatic rings. The summed E-state index contributed by atoms with van der Waals surface area (Å²) in [5.74, 6) is 0.534. The molecule has 0 fully saturated rings. The highest BCUT2D eigenvalue weighted by atomic mass is 16.2. The molecule has 6 heteroatoms. The lowest BCUT2D eigenvalue weighted by Gasteiger charge is -2.06. The average molecular weight is 231 g/mol. The Morgan fingerprint density at radius 1 is 1.29 bits per heavy atom. The van der Waals surface area contributed by atoms with Crippen molar-refractivity contribution >= 4 is 6.03 Å². The van der Waals surface area contributed by atoms with Crippen molar-refractivity contribution in [3.63, 3.8) is 0 Å². The number of nitrogens with zero attached hydrogens (tertiary/aromatic N) is 5. The molecule has 1 heterocycles. The van der Waals surface area contributed by atoms with Crippen molar-refractivity contribution in [2.45, 2.75) is 6.42 Å². The van der Waals surface area contributed by atoms with E-state index >= 15 is 0 Å². The van der Waals surface area contributed by atoms with Crippen LogP contribution in [-0.4, -0.2) is 45.2 Å². The highest BCUT2D eigenvalue weighted by Gasteiger charge is 2.11. The van der Waals surface area contributed by atoms with E-state index in [1.165, 1.54) is 4.90 Å². The van der Waals surface area contributed by atoms with Crippen LogP contribution in [0, 0.1) is 0 Å². The number of benzene rings is 1. The molecule has 17 heavy (non-hydrogen) atoms. The van der Waals surface area contributed by atoms with E-state index in [-0.39, 0.29) is 6.03 Å². The average Bonchev–Trinajstić information content (AvgIpc) is 2.77. The molecular weight excluding hydrogens is 218 g/mol. The minimum atomic E-state index is -0.309. The summed E-state index contributed by atoms with van der Waals surface area (Å²) in [7, 11) is 3.28. The van der Waals surface area contributed by atoms with E-state index in [4.69, 9.17) is 0 Å². The SMILES string of the molecule is CN(C)C(=O)n1nnc(Cc2ccccc2)n1. The fraction of sp³-hybridized carbons (Fsp3) is 0.273. The predicted octanol–water partition coefficient (Wildman–Crippen LogP) is 0.794. The zero-order valence-electron chi connectivity index (χ0n) is 9.74. The van der Waals surface area contributed by atoms with Gasteiger partial charge in [0.25, 0.3) is 0 Å². The van der Waals surface area contributed by atoms with E-state index in [0.717, 1.165) is 10.4 Å². The van der Waals surface area contributed by atoms with E-state index in [1.54, 1.807) is 14.1 Å². The van der Waals surface area contributed by atoms with Crippen LogP contribution in [0.4, 0.5) is 4.79 Å². The Morgan fingerprint density at radius 2 is 2.00 bits per heavy atom. The van der Waals surface area contributed by atoms with Crippen LogP contribution in [0.2, 0.25) is 0 Å². The van der Waals surface area contributed by atoms with Gasteiger partial charge in [-0.15, -0.1) is 10.2 Å². The molecule has 2 rings (SSSR count). The van der Waals surface area contributed by atoms with Crippen molar-refractivity contribution in [2.75, 3.05) is 14.1 Å². The number of hydrogen-bond acceptors (Lipinski definition) is 4. The van der Waals surface area contributed by atoms with Crippen LogP contribution in [0.15, 0.2) is 30.3 Å². The molecule has 0 aliphatic heterocycles. The molecular formula is C11H13N5O. The van der Waals surface area contributed by atoms with Gasteiger partial charge in [-0.05, 0) is 10.8 Å². The lowest BCUT2D eigenvalue weighted by Crippen LogP contribution is -2.29. The van der Waals surface area contributed by atoms with Gasteiger partial charge in [-0.2, -0.15) is 0 Å². The molecule has 0 N–H and O–H groups in total. The molecule has 88 valence electrons. The Hall–Kier alpha value is -2.24. The number of carbonyl (C=O) groups excluding carboxylic acids is 1. The zero-order chi connectivity index (χ0) is 12.3. The molecule has 1 aromatic carbocycles. The lowest BCUT2D eigenvalue weighted by atomic mass is 10.1. The van der Waals surface area contributed by atoms with Crippen LogP contribution < -0.4 is 0 Å². The molecule has 0 saturated carbocycles. The van der Waals surface area contributed by atoms with Gasteiger partial charge in [-0.1, -0.05) is 35.1 Å². The summed E-state index contributed by atoms with van der Waals surface area (Å²) < 4.78 is 0. The van der Waals surface area contributed by atoms with Crippen molar-refractivity contribution in [1.82, 2.24) is 25.1 Å². The molecule has 0 radical (unpaired) electrons.